The quantitative estimate of drug-likeness (QED) is 0.132. The van der Waals surface area contributed by atoms with Gasteiger partial charge < -0.3 is 5.21 Å². The van der Waals surface area contributed by atoms with Crippen LogP contribution >= 0.6 is 0 Å². The lowest BCUT2D eigenvalue weighted by molar-refractivity contribution is -0.219. The van der Waals surface area contributed by atoms with Crippen LogP contribution < -0.4 is 0 Å². The molecule has 0 spiro atoms. The minimum Gasteiger partial charge on any atom is -0.411 e. The number of hydrogen-bond acceptors (Lipinski definition) is 3. The molecule has 0 heterocycles. The number of allylic oxidation sites excluding steroid dienone is 3. The van der Waals surface area contributed by atoms with E-state index in [1.807, 2.05) is 18.3 Å². The van der Waals surface area contributed by atoms with Crippen LogP contribution in [0.2, 0.25) is 0 Å². The fourth-order valence-corrected chi connectivity index (χ4v) is 12.5. The molecule has 6 rings (SSSR count). The number of oxime groups is 1. The molecule has 0 bridgehead atoms. The molecule has 0 amide bonds. The number of Topliss-reactive ketones (excluding diaryl/α,β-unsaturated/α-hetero) is 1. The van der Waals surface area contributed by atoms with E-state index in [0.29, 0.717) is 35.0 Å². The fourth-order valence-electron chi connectivity index (χ4n) is 12.5. The standard InChI is InChI=1S/C38H53NO2/c1-24(2)28-15-20-38(23-39-41)22-21-36(7)30(33(28)38)13-14-32-35(6)18-16-29(27-11-9-26(10-12-27)25(3)40)34(4,5)31(35)17-19-37(32,36)8/h9-12,16,23,28,30-33,41H,1,13-15,17-22H2,2-8H3/b39-23+/t28-,30+,31-,32+,33+,35-,36+,37+,38+/m0/s1. The van der Waals surface area contributed by atoms with E-state index >= 15 is 0 Å². The van der Waals surface area contributed by atoms with Crippen molar-refractivity contribution in [1.29, 1.82) is 0 Å². The largest absolute Gasteiger partial charge is 0.411 e. The minimum absolute atomic E-state index is 0.0370. The molecule has 5 aliphatic rings. The maximum atomic E-state index is 11.9. The summed E-state index contributed by atoms with van der Waals surface area (Å²) in [6.07, 6.45) is 15.6. The summed E-state index contributed by atoms with van der Waals surface area (Å²) < 4.78 is 0. The van der Waals surface area contributed by atoms with Crippen LogP contribution in [0.3, 0.4) is 0 Å². The molecule has 9 atom stereocenters. The lowest BCUT2D eigenvalue weighted by Crippen LogP contribution is -2.65. The van der Waals surface area contributed by atoms with Crippen LogP contribution in [-0.2, 0) is 0 Å². The minimum atomic E-state index is 0.0370. The highest BCUT2D eigenvalue weighted by Gasteiger charge is 2.70. The normalized spacial score (nSPS) is 44.8. The van der Waals surface area contributed by atoms with Gasteiger partial charge >= 0.3 is 0 Å². The van der Waals surface area contributed by atoms with Gasteiger partial charge in [0.2, 0.25) is 0 Å². The first-order valence-corrected chi connectivity index (χ1v) is 16.4. The average molecular weight is 556 g/mol. The number of carbonyl (C=O) groups is 1. The molecular formula is C38H53NO2. The molecule has 0 aromatic heterocycles. The van der Waals surface area contributed by atoms with Crippen molar-refractivity contribution in [2.45, 2.75) is 106 Å². The van der Waals surface area contributed by atoms with Crippen molar-refractivity contribution in [2.75, 3.05) is 0 Å². The summed E-state index contributed by atoms with van der Waals surface area (Å²) in [5.41, 5.74) is 5.87. The van der Waals surface area contributed by atoms with Crippen molar-refractivity contribution in [2.24, 2.45) is 61.8 Å². The van der Waals surface area contributed by atoms with Gasteiger partial charge in [0.25, 0.3) is 0 Å². The lowest BCUT2D eigenvalue weighted by Gasteiger charge is -2.72. The Balaban J connectivity index is 1.37. The second kappa shape index (κ2) is 9.42. The van der Waals surface area contributed by atoms with Gasteiger partial charge in [-0.2, -0.15) is 0 Å². The van der Waals surface area contributed by atoms with Gasteiger partial charge in [0.1, 0.15) is 0 Å². The molecule has 3 nitrogen and oxygen atoms in total. The van der Waals surface area contributed by atoms with Crippen molar-refractivity contribution in [3.05, 3.63) is 53.6 Å². The van der Waals surface area contributed by atoms with Gasteiger partial charge in [-0.25, -0.2) is 0 Å². The maximum Gasteiger partial charge on any atom is 0.159 e. The van der Waals surface area contributed by atoms with Gasteiger partial charge in [0.05, 0.1) is 6.21 Å². The predicted molar refractivity (Wildman–Crippen MR) is 169 cm³/mol. The summed E-state index contributed by atoms with van der Waals surface area (Å²) in [5.74, 6) is 3.22. The van der Waals surface area contributed by atoms with Gasteiger partial charge in [-0.1, -0.05) is 77.1 Å². The van der Waals surface area contributed by atoms with Gasteiger partial charge in [-0.05, 0) is 134 Å². The van der Waals surface area contributed by atoms with E-state index < -0.39 is 0 Å². The predicted octanol–water partition coefficient (Wildman–Crippen LogP) is 10.0. The van der Waals surface area contributed by atoms with Gasteiger partial charge in [0, 0.05) is 11.0 Å². The molecule has 0 aliphatic heterocycles. The average Bonchev–Trinajstić information content (AvgIpc) is 3.29. The smallest absolute Gasteiger partial charge is 0.159 e. The van der Waals surface area contributed by atoms with Crippen molar-refractivity contribution >= 4 is 17.6 Å². The van der Waals surface area contributed by atoms with E-state index in [0.717, 1.165) is 24.8 Å². The van der Waals surface area contributed by atoms with Crippen molar-refractivity contribution in [1.82, 2.24) is 0 Å². The highest BCUT2D eigenvalue weighted by molar-refractivity contribution is 5.94. The van der Waals surface area contributed by atoms with Crippen molar-refractivity contribution in [3.63, 3.8) is 0 Å². The summed E-state index contributed by atoms with van der Waals surface area (Å²) in [7, 11) is 0. The SMILES string of the molecule is C=C(C)[C@@H]1CC[C@]2(/C=N/O)CC[C@]3(C)[C@H](CC[C@@H]4[C@@]5(C)CC=C(c6ccc(C(C)=O)cc6)C(C)(C)[C@@H]5CC[C@]43C)[C@@H]12. The number of benzene rings is 1. The van der Waals surface area contributed by atoms with E-state index in [2.05, 4.69) is 71.5 Å². The van der Waals surface area contributed by atoms with Gasteiger partial charge in [-0.3, -0.25) is 4.79 Å². The number of hydrogen-bond donors (Lipinski definition) is 1. The van der Waals surface area contributed by atoms with E-state index in [1.54, 1.807) is 6.92 Å². The maximum absolute atomic E-state index is 11.9. The Labute approximate surface area is 249 Å². The topological polar surface area (TPSA) is 49.7 Å². The summed E-state index contributed by atoms with van der Waals surface area (Å²) in [6.45, 7) is 21.4. The highest BCUT2D eigenvalue weighted by Crippen LogP contribution is 2.77. The molecule has 4 saturated carbocycles. The Morgan fingerprint density at radius 2 is 1.61 bits per heavy atom. The number of fused-ring (bicyclic) bond motifs is 7. The van der Waals surface area contributed by atoms with Crippen LogP contribution in [0.25, 0.3) is 5.57 Å². The van der Waals surface area contributed by atoms with Crippen LogP contribution in [0.4, 0.5) is 0 Å². The fraction of sp³-hybridized carbons (Fsp3) is 0.684. The first kappa shape index (κ1) is 28.9. The summed E-state index contributed by atoms with van der Waals surface area (Å²) in [4.78, 5) is 11.9. The molecule has 0 saturated heterocycles. The molecule has 41 heavy (non-hydrogen) atoms. The Bertz CT molecular complexity index is 1300. The van der Waals surface area contributed by atoms with Crippen molar-refractivity contribution < 1.29 is 10.0 Å². The van der Waals surface area contributed by atoms with Crippen molar-refractivity contribution in [3.8, 4) is 0 Å². The van der Waals surface area contributed by atoms with Crippen LogP contribution in [0, 0.1) is 56.7 Å². The van der Waals surface area contributed by atoms with Crippen LogP contribution in [0.15, 0.2) is 47.6 Å². The molecule has 3 heteroatoms. The Hall–Kier alpha value is -2.16. The number of carbonyl (C=O) groups excluding carboxylic acids is 1. The Morgan fingerprint density at radius 1 is 0.902 bits per heavy atom. The second-order valence-corrected chi connectivity index (χ2v) is 16.3. The molecule has 1 aromatic carbocycles. The molecule has 0 radical (unpaired) electrons. The Morgan fingerprint density at radius 3 is 2.24 bits per heavy atom. The number of nitrogens with zero attached hydrogens (tertiary/aromatic N) is 1. The first-order chi connectivity index (χ1) is 19.2. The van der Waals surface area contributed by atoms with E-state index in [1.165, 1.54) is 55.2 Å². The van der Waals surface area contributed by atoms with Crippen LogP contribution in [0.1, 0.15) is 122 Å². The monoisotopic (exact) mass is 555 g/mol. The zero-order valence-electron chi connectivity index (χ0n) is 26.7. The van der Waals surface area contributed by atoms with E-state index in [-0.39, 0.29) is 27.4 Å². The number of rotatable bonds is 4. The first-order valence-electron chi connectivity index (χ1n) is 16.4. The third-order valence-electron chi connectivity index (χ3n) is 14.6. The second-order valence-electron chi connectivity index (χ2n) is 16.3. The zero-order valence-corrected chi connectivity index (χ0v) is 26.7. The summed E-state index contributed by atoms with van der Waals surface area (Å²) in [5, 5.41) is 13.5. The molecule has 0 unspecified atom stereocenters. The van der Waals surface area contributed by atoms with E-state index in [9.17, 15) is 10.0 Å². The van der Waals surface area contributed by atoms with Gasteiger partial charge in [-0.15, -0.1) is 5.16 Å². The molecule has 222 valence electrons. The zero-order chi connectivity index (χ0) is 29.6. The van der Waals surface area contributed by atoms with Crippen LogP contribution in [0.5, 0.6) is 0 Å². The van der Waals surface area contributed by atoms with Gasteiger partial charge in [0.15, 0.2) is 5.78 Å². The molecular weight excluding hydrogens is 502 g/mol. The number of ketones is 1. The molecule has 1 aromatic rings. The summed E-state index contributed by atoms with van der Waals surface area (Å²) in [6, 6.07) is 8.37. The summed E-state index contributed by atoms with van der Waals surface area (Å²) >= 11 is 0. The molecule has 1 N–H and O–H groups in total. The molecule has 5 aliphatic carbocycles. The lowest BCUT2D eigenvalue weighted by atomic mass is 9.32. The third kappa shape index (κ3) is 3.82. The molecule has 4 fully saturated rings. The third-order valence-corrected chi connectivity index (χ3v) is 14.6. The van der Waals surface area contributed by atoms with E-state index in [4.69, 9.17) is 0 Å². The highest BCUT2D eigenvalue weighted by atomic mass is 16.4. The Kier molecular flexibility index (Phi) is 6.65. The van der Waals surface area contributed by atoms with Crippen LogP contribution in [-0.4, -0.2) is 17.2 Å².